The Morgan fingerprint density at radius 3 is 2.84 bits per heavy atom. The Bertz CT molecular complexity index is 717. The summed E-state index contributed by atoms with van der Waals surface area (Å²) >= 11 is 0. The van der Waals surface area contributed by atoms with E-state index in [2.05, 4.69) is 10.5 Å². The zero-order valence-corrected chi connectivity index (χ0v) is 10.3. The Morgan fingerprint density at radius 2 is 2.11 bits per heavy atom. The number of nitrogens with zero attached hydrogens (tertiary/aromatic N) is 1. The molecule has 7 nitrogen and oxygen atoms in total. The molecule has 1 amide bonds. The summed E-state index contributed by atoms with van der Waals surface area (Å²) in [6.45, 7) is 1.82. The van der Waals surface area contributed by atoms with Gasteiger partial charge in [-0.05, 0) is 19.1 Å². The smallest absolute Gasteiger partial charge is 0.284 e. The number of rotatable bonds is 4. The van der Waals surface area contributed by atoms with Gasteiger partial charge in [0.1, 0.15) is 6.54 Å². The standard InChI is InChI=1S/C12H13N3O4/c1-2-19-14-10(16)7-15-9-6-4-3-5-8(9)11(17)13-12(15)18/h3-6H,2,7H2,1H3,(H,14,16)(H,13,17,18). The summed E-state index contributed by atoms with van der Waals surface area (Å²) in [5.74, 6) is -0.471. The second kappa shape index (κ2) is 5.49. The predicted molar refractivity (Wildman–Crippen MR) is 68.6 cm³/mol. The molecular weight excluding hydrogens is 250 g/mol. The van der Waals surface area contributed by atoms with Gasteiger partial charge >= 0.3 is 5.69 Å². The van der Waals surface area contributed by atoms with Crippen molar-refractivity contribution in [3.05, 3.63) is 45.1 Å². The molecule has 0 bridgehead atoms. The van der Waals surface area contributed by atoms with E-state index in [-0.39, 0.29) is 6.54 Å². The molecule has 0 aliphatic heterocycles. The Balaban J connectivity index is 2.46. The van der Waals surface area contributed by atoms with Crippen molar-refractivity contribution in [2.45, 2.75) is 13.5 Å². The van der Waals surface area contributed by atoms with Gasteiger partial charge in [0.25, 0.3) is 11.5 Å². The minimum absolute atomic E-state index is 0.226. The summed E-state index contributed by atoms with van der Waals surface area (Å²) in [7, 11) is 0. The maximum atomic E-state index is 11.7. The summed E-state index contributed by atoms with van der Waals surface area (Å²) in [5.41, 5.74) is 1.50. The molecule has 0 saturated heterocycles. The molecule has 0 spiro atoms. The lowest BCUT2D eigenvalue weighted by Crippen LogP contribution is -2.36. The van der Waals surface area contributed by atoms with Crippen LogP contribution < -0.4 is 16.7 Å². The van der Waals surface area contributed by atoms with E-state index in [0.717, 1.165) is 0 Å². The molecule has 2 N–H and O–H groups in total. The second-order valence-electron chi connectivity index (χ2n) is 3.82. The number of hydrogen-bond acceptors (Lipinski definition) is 4. The van der Waals surface area contributed by atoms with E-state index in [1.54, 1.807) is 31.2 Å². The number of carbonyl (C=O) groups is 1. The van der Waals surface area contributed by atoms with Gasteiger partial charge in [-0.2, -0.15) is 0 Å². The highest BCUT2D eigenvalue weighted by molar-refractivity contribution is 5.81. The molecule has 2 aromatic rings. The number of carbonyl (C=O) groups excluding carboxylic acids is 1. The third-order valence-electron chi connectivity index (χ3n) is 2.54. The Morgan fingerprint density at radius 1 is 1.37 bits per heavy atom. The van der Waals surface area contributed by atoms with E-state index >= 15 is 0 Å². The second-order valence-corrected chi connectivity index (χ2v) is 3.82. The van der Waals surface area contributed by atoms with Crippen LogP contribution in [0.25, 0.3) is 10.9 Å². The van der Waals surface area contributed by atoms with Gasteiger partial charge in [-0.15, -0.1) is 0 Å². The molecule has 100 valence electrons. The fraction of sp³-hybridized carbons (Fsp3) is 0.250. The lowest BCUT2D eigenvalue weighted by atomic mass is 10.2. The van der Waals surface area contributed by atoms with Crippen molar-refractivity contribution >= 4 is 16.8 Å². The van der Waals surface area contributed by atoms with E-state index < -0.39 is 17.2 Å². The molecule has 19 heavy (non-hydrogen) atoms. The predicted octanol–water partition coefficient (Wildman–Crippen LogP) is -0.242. The first-order chi connectivity index (χ1) is 9.13. The van der Waals surface area contributed by atoms with Crippen molar-refractivity contribution in [3.63, 3.8) is 0 Å². The van der Waals surface area contributed by atoms with Gasteiger partial charge < -0.3 is 0 Å². The number of amides is 1. The zero-order chi connectivity index (χ0) is 13.8. The molecule has 0 saturated carbocycles. The van der Waals surface area contributed by atoms with E-state index in [4.69, 9.17) is 4.84 Å². The van der Waals surface area contributed by atoms with Crippen LogP contribution in [-0.2, 0) is 16.2 Å². The van der Waals surface area contributed by atoms with Crippen LogP contribution in [-0.4, -0.2) is 22.1 Å². The average molecular weight is 263 g/mol. The van der Waals surface area contributed by atoms with Gasteiger partial charge in [-0.25, -0.2) is 10.3 Å². The fourth-order valence-corrected chi connectivity index (χ4v) is 1.73. The van der Waals surface area contributed by atoms with Crippen LogP contribution >= 0.6 is 0 Å². The summed E-state index contributed by atoms with van der Waals surface area (Å²) in [4.78, 5) is 41.9. The fourth-order valence-electron chi connectivity index (χ4n) is 1.73. The minimum Gasteiger partial charge on any atom is -0.284 e. The van der Waals surface area contributed by atoms with Crippen LogP contribution in [0, 0.1) is 0 Å². The first kappa shape index (κ1) is 13.0. The molecule has 1 aromatic heterocycles. The van der Waals surface area contributed by atoms with Crippen LogP contribution in [0.1, 0.15) is 6.92 Å². The van der Waals surface area contributed by atoms with Crippen molar-refractivity contribution < 1.29 is 9.63 Å². The number of H-pyrrole nitrogens is 1. The van der Waals surface area contributed by atoms with E-state index in [1.165, 1.54) is 4.57 Å². The molecule has 0 atom stereocenters. The third kappa shape index (κ3) is 2.71. The van der Waals surface area contributed by atoms with Crippen LogP contribution in [0.4, 0.5) is 0 Å². The van der Waals surface area contributed by atoms with Gasteiger partial charge in [-0.1, -0.05) is 12.1 Å². The van der Waals surface area contributed by atoms with Crippen molar-refractivity contribution in [1.29, 1.82) is 0 Å². The summed E-state index contributed by atoms with van der Waals surface area (Å²) < 4.78 is 1.19. The first-order valence-corrected chi connectivity index (χ1v) is 5.76. The molecule has 1 aromatic carbocycles. The molecule has 2 rings (SSSR count). The normalized spacial score (nSPS) is 10.6. The molecule has 0 aliphatic rings. The minimum atomic E-state index is -0.629. The van der Waals surface area contributed by atoms with Gasteiger partial charge in [0.05, 0.1) is 17.5 Å². The van der Waals surface area contributed by atoms with Gasteiger partial charge in [-0.3, -0.25) is 24.0 Å². The number of nitrogens with one attached hydrogen (secondary N) is 2. The molecule has 0 unspecified atom stereocenters. The van der Waals surface area contributed by atoms with E-state index in [9.17, 15) is 14.4 Å². The number of benzene rings is 1. The van der Waals surface area contributed by atoms with Crippen molar-refractivity contribution in [3.8, 4) is 0 Å². The lowest BCUT2D eigenvalue weighted by Gasteiger charge is -2.09. The lowest BCUT2D eigenvalue weighted by molar-refractivity contribution is -0.133. The van der Waals surface area contributed by atoms with Crippen LogP contribution in [0.2, 0.25) is 0 Å². The SMILES string of the molecule is CCONC(=O)Cn1c(=O)[nH]c(=O)c2ccccc21. The summed E-state index contributed by atoms with van der Waals surface area (Å²) in [5, 5.41) is 0.353. The highest BCUT2D eigenvalue weighted by atomic mass is 16.6. The largest absolute Gasteiger partial charge is 0.329 e. The Kier molecular flexibility index (Phi) is 3.76. The molecule has 0 fully saturated rings. The topological polar surface area (TPSA) is 93.2 Å². The van der Waals surface area contributed by atoms with Gasteiger partial charge in [0.2, 0.25) is 0 Å². The number of fused-ring (bicyclic) bond motifs is 1. The van der Waals surface area contributed by atoms with E-state index in [1.807, 2.05) is 0 Å². The monoisotopic (exact) mass is 263 g/mol. The molecule has 7 heteroatoms. The number of aromatic nitrogens is 2. The first-order valence-electron chi connectivity index (χ1n) is 5.76. The quantitative estimate of drug-likeness (QED) is 0.744. The maximum absolute atomic E-state index is 11.7. The average Bonchev–Trinajstić information content (AvgIpc) is 2.41. The van der Waals surface area contributed by atoms with Crippen LogP contribution in [0.3, 0.4) is 0 Å². The van der Waals surface area contributed by atoms with Crippen molar-refractivity contribution in [2.75, 3.05) is 6.61 Å². The highest BCUT2D eigenvalue weighted by Gasteiger charge is 2.10. The van der Waals surface area contributed by atoms with Gasteiger partial charge in [0.15, 0.2) is 0 Å². The highest BCUT2D eigenvalue weighted by Crippen LogP contribution is 2.06. The summed E-state index contributed by atoms with van der Waals surface area (Å²) in [6, 6.07) is 6.58. The molecule has 1 heterocycles. The molecule has 0 radical (unpaired) electrons. The number of aromatic amines is 1. The Labute approximate surface area is 107 Å². The molecular formula is C12H13N3O4. The third-order valence-corrected chi connectivity index (χ3v) is 2.54. The van der Waals surface area contributed by atoms with Crippen molar-refractivity contribution in [2.24, 2.45) is 0 Å². The number of para-hydroxylation sites is 1. The Hall–Kier alpha value is -2.41. The number of hydroxylamine groups is 1. The zero-order valence-electron chi connectivity index (χ0n) is 10.3. The van der Waals surface area contributed by atoms with Crippen LogP contribution in [0.5, 0.6) is 0 Å². The van der Waals surface area contributed by atoms with E-state index in [0.29, 0.717) is 17.5 Å². The summed E-state index contributed by atoms with van der Waals surface area (Å²) in [6.07, 6.45) is 0. The van der Waals surface area contributed by atoms with Crippen LogP contribution in [0.15, 0.2) is 33.9 Å². The number of hydrogen-bond donors (Lipinski definition) is 2. The van der Waals surface area contributed by atoms with Crippen molar-refractivity contribution in [1.82, 2.24) is 15.0 Å². The molecule has 0 aliphatic carbocycles. The van der Waals surface area contributed by atoms with Gasteiger partial charge in [0, 0.05) is 0 Å². The maximum Gasteiger partial charge on any atom is 0.329 e.